The van der Waals surface area contributed by atoms with Crippen LogP contribution in [0.4, 0.5) is 10.5 Å². The van der Waals surface area contributed by atoms with Crippen molar-refractivity contribution >= 4 is 11.7 Å². The largest absolute Gasteiger partial charge is 0.395 e. The average Bonchev–Trinajstić information content (AvgIpc) is 3.00. The second kappa shape index (κ2) is 8.00. The number of benzene rings is 1. The van der Waals surface area contributed by atoms with Crippen molar-refractivity contribution in [3.63, 3.8) is 0 Å². The predicted molar refractivity (Wildman–Crippen MR) is 82.2 cm³/mol. The molecule has 5 heteroatoms. The minimum absolute atomic E-state index is 0.0403. The Morgan fingerprint density at radius 3 is 2.62 bits per heavy atom. The van der Waals surface area contributed by atoms with Crippen LogP contribution in [0.3, 0.4) is 0 Å². The Morgan fingerprint density at radius 1 is 1.33 bits per heavy atom. The third-order valence-corrected chi connectivity index (χ3v) is 3.78. The Kier molecular flexibility index (Phi) is 6.02. The third kappa shape index (κ3) is 5.02. The zero-order valence-corrected chi connectivity index (χ0v) is 12.5. The number of amides is 2. The van der Waals surface area contributed by atoms with E-state index in [0.717, 1.165) is 11.3 Å². The van der Waals surface area contributed by atoms with E-state index in [1.807, 2.05) is 24.3 Å². The highest BCUT2D eigenvalue weighted by molar-refractivity contribution is 5.89. The summed E-state index contributed by atoms with van der Waals surface area (Å²) in [5, 5.41) is 11.6. The van der Waals surface area contributed by atoms with Crippen LogP contribution in [0.15, 0.2) is 24.3 Å². The van der Waals surface area contributed by atoms with Gasteiger partial charge in [-0.2, -0.15) is 0 Å². The molecule has 0 bridgehead atoms. The number of carbonyl (C=O) groups excluding carboxylic acids is 1. The molecule has 0 unspecified atom stereocenters. The molecule has 21 heavy (non-hydrogen) atoms. The highest BCUT2D eigenvalue weighted by Crippen LogP contribution is 2.22. The Labute approximate surface area is 125 Å². The minimum atomic E-state index is -0.223. The zero-order valence-electron chi connectivity index (χ0n) is 12.5. The molecular weight excluding hydrogens is 268 g/mol. The van der Waals surface area contributed by atoms with Crippen molar-refractivity contribution in [2.75, 3.05) is 25.5 Å². The van der Waals surface area contributed by atoms with E-state index in [9.17, 15) is 4.79 Å². The number of urea groups is 1. The summed E-state index contributed by atoms with van der Waals surface area (Å²) in [6.07, 6.45) is 5.31. The maximum atomic E-state index is 11.8. The fourth-order valence-electron chi connectivity index (χ4n) is 2.42. The Morgan fingerprint density at radius 2 is 2.00 bits per heavy atom. The maximum absolute atomic E-state index is 11.8. The van der Waals surface area contributed by atoms with Gasteiger partial charge in [-0.25, -0.2) is 4.79 Å². The minimum Gasteiger partial charge on any atom is -0.395 e. The van der Waals surface area contributed by atoms with Crippen molar-refractivity contribution < 1.29 is 14.6 Å². The number of hydrogen-bond acceptors (Lipinski definition) is 3. The first-order valence-electron chi connectivity index (χ1n) is 7.52. The van der Waals surface area contributed by atoms with Crippen LogP contribution in [0.5, 0.6) is 0 Å². The lowest BCUT2D eigenvalue weighted by molar-refractivity contribution is 0.0457. The smallest absolute Gasteiger partial charge is 0.321 e. The normalized spacial score (nSPS) is 15.1. The van der Waals surface area contributed by atoms with E-state index >= 15 is 0 Å². The van der Waals surface area contributed by atoms with Gasteiger partial charge < -0.3 is 20.1 Å². The topological polar surface area (TPSA) is 61.8 Å². The summed E-state index contributed by atoms with van der Waals surface area (Å²) in [5.74, 6) is 0. The third-order valence-electron chi connectivity index (χ3n) is 3.78. The monoisotopic (exact) mass is 292 g/mol. The molecule has 0 radical (unpaired) electrons. The summed E-state index contributed by atoms with van der Waals surface area (Å²) in [6.45, 7) is 0.907. The lowest BCUT2D eigenvalue weighted by Crippen LogP contribution is -2.33. The van der Waals surface area contributed by atoms with Crippen LogP contribution in [0.25, 0.3) is 0 Å². The molecular formula is C16H24N2O3. The number of hydrogen-bond donors (Lipinski definition) is 2. The number of anilines is 1. The van der Waals surface area contributed by atoms with Crippen molar-refractivity contribution in [1.29, 1.82) is 0 Å². The lowest BCUT2D eigenvalue weighted by Gasteiger charge is -2.16. The van der Waals surface area contributed by atoms with Gasteiger partial charge in [-0.1, -0.05) is 25.0 Å². The Bertz CT molecular complexity index is 441. The Balaban J connectivity index is 1.79. The molecule has 1 fully saturated rings. The van der Waals surface area contributed by atoms with Gasteiger partial charge in [0.05, 0.1) is 19.3 Å². The van der Waals surface area contributed by atoms with E-state index in [1.54, 1.807) is 7.05 Å². The van der Waals surface area contributed by atoms with Crippen LogP contribution >= 0.6 is 0 Å². The zero-order chi connectivity index (χ0) is 15.1. The lowest BCUT2D eigenvalue weighted by atomic mass is 10.2. The van der Waals surface area contributed by atoms with Crippen molar-refractivity contribution in [3.8, 4) is 0 Å². The molecule has 116 valence electrons. The van der Waals surface area contributed by atoms with E-state index in [2.05, 4.69) is 5.32 Å². The van der Waals surface area contributed by atoms with Crippen LogP contribution < -0.4 is 5.32 Å². The van der Waals surface area contributed by atoms with E-state index in [-0.39, 0.29) is 12.6 Å². The molecule has 1 aliphatic carbocycles. The van der Waals surface area contributed by atoms with Crippen LogP contribution in [-0.2, 0) is 11.3 Å². The molecule has 2 N–H and O–H groups in total. The highest BCUT2D eigenvalue weighted by atomic mass is 16.5. The summed E-state index contributed by atoms with van der Waals surface area (Å²) >= 11 is 0. The predicted octanol–water partition coefficient (Wildman–Crippen LogP) is 2.60. The summed E-state index contributed by atoms with van der Waals surface area (Å²) in [5.41, 5.74) is 1.86. The standard InChI is InChI=1S/C16H24N2O3/c1-18(10-11-19)16(20)17-14-8-6-13(7-9-14)12-21-15-4-2-3-5-15/h6-9,15,19H,2-5,10-12H2,1H3,(H,17,20). The van der Waals surface area contributed by atoms with Gasteiger partial charge in [-0.15, -0.1) is 0 Å². The fraction of sp³-hybridized carbons (Fsp3) is 0.562. The second-order valence-corrected chi connectivity index (χ2v) is 5.49. The molecule has 1 aromatic rings. The molecule has 0 spiro atoms. The van der Waals surface area contributed by atoms with Crippen LogP contribution in [0, 0.1) is 0 Å². The van der Waals surface area contributed by atoms with E-state index in [0.29, 0.717) is 19.3 Å². The quantitative estimate of drug-likeness (QED) is 0.847. The number of ether oxygens (including phenoxy) is 1. The van der Waals surface area contributed by atoms with Crippen LogP contribution in [-0.4, -0.2) is 42.3 Å². The molecule has 1 saturated carbocycles. The molecule has 1 aromatic carbocycles. The van der Waals surface area contributed by atoms with Crippen LogP contribution in [0.2, 0.25) is 0 Å². The number of rotatable bonds is 6. The molecule has 0 saturated heterocycles. The van der Waals surface area contributed by atoms with Gasteiger partial charge >= 0.3 is 6.03 Å². The number of likely N-dealkylation sites (N-methyl/N-ethyl adjacent to an activating group) is 1. The summed E-state index contributed by atoms with van der Waals surface area (Å²) in [4.78, 5) is 13.2. The van der Waals surface area contributed by atoms with Crippen molar-refractivity contribution in [2.45, 2.75) is 38.4 Å². The number of aliphatic hydroxyl groups excluding tert-OH is 1. The summed E-state index contributed by atoms with van der Waals surface area (Å²) in [6, 6.07) is 7.46. The molecule has 1 aliphatic rings. The number of carbonyl (C=O) groups is 1. The fourth-order valence-corrected chi connectivity index (χ4v) is 2.42. The number of nitrogens with one attached hydrogen (secondary N) is 1. The number of aliphatic hydroxyl groups is 1. The van der Waals surface area contributed by atoms with Gasteiger partial charge in [0, 0.05) is 19.3 Å². The SMILES string of the molecule is CN(CCO)C(=O)Nc1ccc(COC2CCCC2)cc1. The van der Waals surface area contributed by atoms with E-state index in [4.69, 9.17) is 9.84 Å². The summed E-state index contributed by atoms with van der Waals surface area (Å²) < 4.78 is 5.86. The molecule has 5 nitrogen and oxygen atoms in total. The van der Waals surface area contributed by atoms with Gasteiger partial charge in [0.25, 0.3) is 0 Å². The molecule has 0 aliphatic heterocycles. The highest BCUT2D eigenvalue weighted by Gasteiger charge is 2.15. The molecule has 0 heterocycles. The van der Waals surface area contributed by atoms with Gasteiger partial charge in [-0.05, 0) is 30.5 Å². The van der Waals surface area contributed by atoms with Crippen LogP contribution in [0.1, 0.15) is 31.2 Å². The van der Waals surface area contributed by atoms with E-state index in [1.165, 1.54) is 30.6 Å². The Hall–Kier alpha value is -1.59. The first-order valence-corrected chi connectivity index (χ1v) is 7.52. The molecule has 2 rings (SSSR count). The average molecular weight is 292 g/mol. The molecule has 0 atom stereocenters. The van der Waals surface area contributed by atoms with Gasteiger partial charge in [0.1, 0.15) is 0 Å². The molecule has 2 amide bonds. The summed E-state index contributed by atoms with van der Waals surface area (Å²) in [7, 11) is 1.65. The van der Waals surface area contributed by atoms with Crippen molar-refractivity contribution in [2.24, 2.45) is 0 Å². The van der Waals surface area contributed by atoms with Gasteiger partial charge in [-0.3, -0.25) is 0 Å². The van der Waals surface area contributed by atoms with Gasteiger partial charge in [0.2, 0.25) is 0 Å². The first kappa shape index (κ1) is 15.8. The molecule has 0 aromatic heterocycles. The maximum Gasteiger partial charge on any atom is 0.321 e. The van der Waals surface area contributed by atoms with Crippen molar-refractivity contribution in [3.05, 3.63) is 29.8 Å². The number of nitrogens with zero attached hydrogens (tertiary/aromatic N) is 1. The first-order chi connectivity index (χ1) is 10.2. The second-order valence-electron chi connectivity index (χ2n) is 5.49. The van der Waals surface area contributed by atoms with Gasteiger partial charge in [0.15, 0.2) is 0 Å². The van der Waals surface area contributed by atoms with E-state index < -0.39 is 0 Å². The van der Waals surface area contributed by atoms with Crippen molar-refractivity contribution in [1.82, 2.24) is 4.90 Å².